The lowest BCUT2D eigenvalue weighted by atomic mass is 10.4. The van der Waals surface area contributed by atoms with Crippen molar-refractivity contribution >= 4 is 28.4 Å². The fourth-order valence-electron chi connectivity index (χ4n) is 0.823. The molecule has 0 amide bonds. The highest BCUT2D eigenvalue weighted by Gasteiger charge is 2.07. The molecular formula is C6H5ClN4. The molecule has 56 valence electrons. The van der Waals surface area contributed by atoms with Gasteiger partial charge < -0.3 is 0 Å². The summed E-state index contributed by atoms with van der Waals surface area (Å²) in [5.74, 6) is 0.608. The number of amidine groups is 1. The molecule has 0 radical (unpaired) electrons. The maximum atomic E-state index is 5.58. The molecule has 0 saturated heterocycles. The minimum Gasteiger partial charge on any atom is -0.295 e. The molecule has 0 saturated carbocycles. The summed E-state index contributed by atoms with van der Waals surface area (Å²) in [5, 5.41) is 0.302. The molecule has 0 fully saturated rings. The smallest absolute Gasteiger partial charge is 0.216 e. The second-order valence-electron chi connectivity index (χ2n) is 2.03. The summed E-state index contributed by atoms with van der Waals surface area (Å²) in [7, 11) is 0. The summed E-state index contributed by atoms with van der Waals surface area (Å²) >= 11 is 5.58. The van der Waals surface area contributed by atoms with Crippen LogP contribution in [0, 0.1) is 0 Å². The number of nitrogens with one attached hydrogen (secondary N) is 2. The fraction of sp³-hybridized carbons (Fsp3) is 0. The van der Waals surface area contributed by atoms with E-state index in [2.05, 4.69) is 20.8 Å². The van der Waals surface area contributed by atoms with Gasteiger partial charge in [-0.3, -0.25) is 10.9 Å². The lowest BCUT2D eigenvalue weighted by molar-refractivity contribution is 1.08. The predicted octanol–water partition coefficient (Wildman–Crippen LogP) is 1.24. The van der Waals surface area contributed by atoms with Crippen molar-refractivity contribution in [3.05, 3.63) is 18.3 Å². The van der Waals surface area contributed by atoms with Crippen LogP contribution >= 0.6 is 11.6 Å². The molecule has 11 heavy (non-hydrogen) atoms. The minimum atomic E-state index is 0.302. The van der Waals surface area contributed by atoms with Gasteiger partial charge in [-0.15, -0.1) is 0 Å². The zero-order chi connectivity index (χ0) is 7.68. The van der Waals surface area contributed by atoms with Crippen molar-refractivity contribution in [2.24, 2.45) is 4.99 Å². The Balaban J connectivity index is 2.51. The van der Waals surface area contributed by atoms with E-state index in [1.54, 1.807) is 6.20 Å². The number of aliphatic imine (C=N–C) groups is 1. The lowest BCUT2D eigenvalue weighted by Gasteiger charge is -2.13. The molecule has 2 rings (SSSR count). The number of rotatable bonds is 0. The van der Waals surface area contributed by atoms with E-state index < -0.39 is 0 Å². The van der Waals surface area contributed by atoms with Crippen LogP contribution in [0.15, 0.2) is 23.3 Å². The van der Waals surface area contributed by atoms with Crippen LogP contribution in [0.1, 0.15) is 0 Å². The molecule has 0 aromatic carbocycles. The van der Waals surface area contributed by atoms with Gasteiger partial charge in [-0.1, -0.05) is 0 Å². The van der Waals surface area contributed by atoms with Crippen molar-refractivity contribution in [1.82, 2.24) is 10.4 Å². The first-order chi connectivity index (χ1) is 5.36. The quantitative estimate of drug-likeness (QED) is 0.573. The maximum Gasteiger partial charge on any atom is 0.216 e. The highest BCUT2D eigenvalue weighted by atomic mass is 35.5. The molecule has 1 aliphatic heterocycles. The van der Waals surface area contributed by atoms with E-state index in [0.717, 1.165) is 5.69 Å². The van der Waals surface area contributed by atoms with Gasteiger partial charge >= 0.3 is 0 Å². The molecular weight excluding hydrogens is 164 g/mol. The number of hydrogen-bond donors (Lipinski definition) is 2. The Morgan fingerprint density at radius 2 is 2.27 bits per heavy atom. The number of anilines is 1. The Morgan fingerprint density at radius 3 is 3.18 bits per heavy atom. The van der Waals surface area contributed by atoms with Crippen molar-refractivity contribution < 1.29 is 0 Å². The number of pyridine rings is 1. The zero-order valence-corrected chi connectivity index (χ0v) is 6.26. The monoisotopic (exact) mass is 168 g/mol. The van der Waals surface area contributed by atoms with Crippen LogP contribution in [-0.2, 0) is 0 Å². The predicted molar refractivity (Wildman–Crippen MR) is 43.9 cm³/mol. The Labute approximate surface area is 68.3 Å². The summed E-state index contributed by atoms with van der Waals surface area (Å²) in [4.78, 5) is 7.94. The Kier molecular flexibility index (Phi) is 1.40. The molecule has 1 aliphatic rings. The standard InChI is InChI=1S/C6H5ClN4/c7-6-9-5-4(10-11-6)2-1-3-8-5/h1-3,10H,(H,8,9,11). The van der Waals surface area contributed by atoms with Gasteiger partial charge in [-0.05, 0) is 23.7 Å². The lowest BCUT2D eigenvalue weighted by Crippen LogP contribution is -2.28. The average Bonchev–Trinajstić information content (AvgIpc) is 2.04. The van der Waals surface area contributed by atoms with Crippen molar-refractivity contribution in [3.63, 3.8) is 0 Å². The van der Waals surface area contributed by atoms with Crippen molar-refractivity contribution in [2.75, 3.05) is 5.43 Å². The fourth-order valence-corrected chi connectivity index (χ4v) is 0.951. The summed E-state index contributed by atoms with van der Waals surface area (Å²) < 4.78 is 0. The summed E-state index contributed by atoms with van der Waals surface area (Å²) in [6.07, 6.45) is 1.67. The molecule has 0 unspecified atom stereocenters. The van der Waals surface area contributed by atoms with Crippen LogP contribution in [0.2, 0.25) is 0 Å². The molecule has 4 nitrogen and oxygen atoms in total. The van der Waals surface area contributed by atoms with Crippen LogP contribution in [-0.4, -0.2) is 10.3 Å². The molecule has 1 aromatic heterocycles. The van der Waals surface area contributed by atoms with E-state index in [0.29, 0.717) is 11.1 Å². The number of hydrogen-bond acceptors (Lipinski definition) is 4. The van der Waals surface area contributed by atoms with Crippen LogP contribution in [0.3, 0.4) is 0 Å². The second kappa shape index (κ2) is 2.39. The third kappa shape index (κ3) is 1.12. The highest BCUT2D eigenvalue weighted by molar-refractivity contribution is 6.65. The molecule has 1 aromatic rings. The van der Waals surface area contributed by atoms with Crippen LogP contribution in [0.4, 0.5) is 11.5 Å². The Morgan fingerprint density at radius 1 is 1.36 bits per heavy atom. The van der Waals surface area contributed by atoms with E-state index in [1.807, 2.05) is 12.1 Å². The van der Waals surface area contributed by atoms with E-state index >= 15 is 0 Å². The minimum absolute atomic E-state index is 0.302. The number of nitrogens with zero attached hydrogens (tertiary/aromatic N) is 2. The van der Waals surface area contributed by atoms with Gasteiger partial charge in [0.25, 0.3) is 0 Å². The topological polar surface area (TPSA) is 49.3 Å². The van der Waals surface area contributed by atoms with Crippen molar-refractivity contribution in [1.29, 1.82) is 0 Å². The first-order valence-corrected chi connectivity index (χ1v) is 3.45. The van der Waals surface area contributed by atoms with E-state index in [4.69, 9.17) is 11.6 Å². The Bertz CT molecular complexity index is 309. The Hall–Kier alpha value is -1.29. The number of fused-ring (bicyclic) bond motifs is 1. The van der Waals surface area contributed by atoms with Gasteiger partial charge in [-0.25, -0.2) is 4.98 Å². The van der Waals surface area contributed by atoms with Gasteiger partial charge in [0, 0.05) is 6.20 Å². The molecule has 0 spiro atoms. The summed E-state index contributed by atoms with van der Waals surface area (Å²) in [6.45, 7) is 0. The molecule has 5 heteroatoms. The number of aromatic nitrogens is 1. The number of hydrazine groups is 1. The average molecular weight is 169 g/mol. The molecule has 0 bridgehead atoms. The van der Waals surface area contributed by atoms with Gasteiger partial charge in [-0.2, -0.15) is 4.99 Å². The molecule has 2 N–H and O–H groups in total. The van der Waals surface area contributed by atoms with Crippen LogP contribution < -0.4 is 10.9 Å². The molecule has 2 heterocycles. The highest BCUT2D eigenvalue weighted by Crippen LogP contribution is 2.22. The van der Waals surface area contributed by atoms with Gasteiger partial charge in [0.15, 0.2) is 5.82 Å². The summed E-state index contributed by atoms with van der Waals surface area (Å²) in [5.41, 5.74) is 6.33. The molecule has 0 atom stereocenters. The van der Waals surface area contributed by atoms with Gasteiger partial charge in [0.05, 0.1) is 5.69 Å². The summed E-state index contributed by atoms with van der Waals surface area (Å²) in [6, 6.07) is 3.68. The zero-order valence-electron chi connectivity index (χ0n) is 5.50. The van der Waals surface area contributed by atoms with Crippen LogP contribution in [0.5, 0.6) is 0 Å². The normalized spacial score (nSPS) is 14.1. The third-order valence-electron chi connectivity index (χ3n) is 1.29. The first-order valence-electron chi connectivity index (χ1n) is 3.07. The van der Waals surface area contributed by atoms with Crippen molar-refractivity contribution in [3.8, 4) is 0 Å². The second-order valence-corrected chi connectivity index (χ2v) is 2.39. The maximum absolute atomic E-state index is 5.58. The van der Waals surface area contributed by atoms with E-state index in [1.165, 1.54) is 0 Å². The largest absolute Gasteiger partial charge is 0.295 e. The van der Waals surface area contributed by atoms with Gasteiger partial charge in [0.1, 0.15) is 0 Å². The first kappa shape index (κ1) is 6.42. The SMILES string of the molecule is ClC1=Nc2ncccc2NN1. The number of halogens is 1. The third-order valence-corrected chi connectivity index (χ3v) is 1.47. The van der Waals surface area contributed by atoms with Crippen molar-refractivity contribution in [2.45, 2.75) is 0 Å². The van der Waals surface area contributed by atoms with Gasteiger partial charge in [0.2, 0.25) is 5.29 Å². The van der Waals surface area contributed by atoms with Crippen LogP contribution in [0.25, 0.3) is 0 Å². The van der Waals surface area contributed by atoms with E-state index in [9.17, 15) is 0 Å². The molecule has 0 aliphatic carbocycles. The van der Waals surface area contributed by atoms with E-state index in [-0.39, 0.29) is 0 Å².